The summed E-state index contributed by atoms with van der Waals surface area (Å²) in [6.07, 6.45) is 1.41. The highest BCUT2D eigenvalue weighted by Gasteiger charge is 2.26. The smallest absolute Gasteiger partial charge is 0.282 e. The lowest BCUT2D eigenvalue weighted by Gasteiger charge is -2.19. The van der Waals surface area contributed by atoms with E-state index in [1.807, 2.05) is 6.92 Å². The molecule has 0 spiro atoms. The summed E-state index contributed by atoms with van der Waals surface area (Å²) < 4.78 is 29.8. The van der Waals surface area contributed by atoms with Crippen molar-refractivity contribution in [2.75, 3.05) is 5.32 Å². The third-order valence-corrected chi connectivity index (χ3v) is 6.58. The van der Waals surface area contributed by atoms with Gasteiger partial charge in [-0.25, -0.2) is 0 Å². The zero-order valence-electron chi connectivity index (χ0n) is 16.3. The fourth-order valence-electron chi connectivity index (χ4n) is 3.13. The lowest BCUT2D eigenvalue weighted by molar-refractivity contribution is 0.103. The maximum Gasteiger partial charge on any atom is 0.282 e. The van der Waals surface area contributed by atoms with E-state index in [4.69, 9.17) is 23.2 Å². The molecule has 156 valence electrons. The first-order valence-electron chi connectivity index (χ1n) is 9.24. The summed E-state index contributed by atoms with van der Waals surface area (Å²) in [7, 11) is -3.99. The highest BCUT2D eigenvalue weighted by atomic mass is 35.5. The molecule has 1 aliphatic carbocycles. The average molecular weight is 471 g/mol. The van der Waals surface area contributed by atoms with Crippen molar-refractivity contribution in [2.24, 2.45) is 4.40 Å². The Labute approximate surface area is 190 Å². The number of Topliss-reactive ketones (excluding diaryl/α,β-unsaturated/α-hetero) is 1. The van der Waals surface area contributed by atoms with Gasteiger partial charge in [0.2, 0.25) is 5.78 Å². The Morgan fingerprint density at radius 2 is 1.58 bits per heavy atom. The first-order chi connectivity index (χ1) is 14.7. The summed E-state index contributed by atoms with van der Waals surface area (Å²) in [6, 6.07) is 17.9. The number of ketones is 1. The van der Waals surface area contributed by atoms with Crippen LogP contribution >= 0.6 is 23.2 Å². The van der Waals surface area contributed by atoms with Gasteiger partial charge in [-0.15, -0.1) is 0 Å². The van der Waals surface area contributed by atoms with Crippen LogP contribution in [0.5, 0.6) is 0 Å². The Morgan fingerprint density at radius 1 is 0.903 bits per heavy atom. The predicted octanol–water partition coefficient (Wildman–Crippen LogP) is 5.67. The molecule has 0 unspecified atom stereocenters. The third-order valence-electron chi connectivity index (χ3n) is 4.71. The number of carbonyl (C=O) groups excluding carboxylic acids is 1. The molecule has 3 aromatic rings. The van der Waals surface area contributed by atoms with Crippen LogP contribution in [0.1, 0.15) is 21.5 Å². The van der Waals surface area contributed by atoms with E-state index in [-0.39, 0.29) is 22.1 Å². The number of allylic oxidation sites excluding steroid dienone is 2. The van der Waals surface area contributed by atoms with Crippen molar-refractivity contribution in [3.63, 3.8) is 0 Å². The highest BCUT2D eigenvalue weighted by Crippen LogP contribution is 2.30. The Morgan fingerprint density at radius 3 is 2.29 bits per heavy atom. The molecule has 1 aliphatic rings. The maximum atomic E-state index is 13.0. The van der Waals surface area contributed by atoms with Crippen molar-refractivity contribution < 1.29 is 13.2 Å². The molecule has 0 bridgehead atoms. The fraction of sp³-hybridized carbons (Fsp3) is 0.0435. The van der Waals surface area contributed by atoms with Gasteiger partial charge in [0.05, 0.1) is 27.0 Å². The van der Waals surface area contributed by atoms with E-state index < -0.39 is 10.0 Å². The van der Waals surface area contributed by atoms with Gasteiger partial charge in [-0.05, 0) is 43.3 Å². The van der Waals surface area contributed by atoms with Gasteiger partial charge in [0, 0.05) is 16.1 Å². The van der Waals surface area contributed by atoms with Crippen molar-refractivity contribution in [2.45, 2.75) is 11.8 Å². The molecule has 0 atom stereocenters. The van der Waals surface area contributed by atoms with Crippen LogP contribution in [0, 0.1) is 6.92 Å². The van der Waals surface area contributed by atoms with Gasteiger partial charge in [-0.3, -0.25) is 4.79 Å². The molecule has 8 heteroatoms. The van der Waals surface area contributed by atoms with Crippen LogP contribution < -0.4 is 5.32 Å². The molecule has 0 saturated carbocycles. The molecule has 1 N–H and O–H groups in total. The van der Waals surface area contributed by atoms with Gasteiger partial charge in [0.1, 0.15) is 0 Å². The van der Waals surface area contributed by atoms with Gasteiger partial charge in [0.15, 0.2) is 0 Å². The third kappa shape index (κ3) is 4.42. The molecule has 0 aliphatic heterocycles. The van der Waals surface area contributed by atoms with Crippen LogP contribution in [0.2, 0.25) is 10.0 Å². The quantitative estimate of drug-likeness (QED) is 0.532. The molecule has 0 heterocycles. The maximum absolute atomic E-state index is 13.0. The zero-order valence-corrected chi connectivity index (χ0v) is 18.6. The number of fused-ring (bicyclic) bond motifs is 1. The van der Waals surface area contributed by atoms with E-state index in [0.29, 0.717) is 26.9 Å². The first-order valence-corrected chi connectivity index (χ1v) is 11.4. The number of benzene rings is 3. The molecular formula is C23H16Cl2N2O3S. The largest absolute Gasteiger partial charge is 0.351 e. The second-order valence-electron chi connectivity index (χ2n) is 6.95. The second kappa shape index (κ2) is 8.30. The van der Waals surface area contributed by atoms with E-state index >= 15 is 0 Å². The fourth-order valence-corrected chi connectivity index (χ4v) is 4.46. The van der Waals surface area contributed by atoms with Crippen molar-refractivity contribution in [3.05, 3.63) is 105 Å². The molecule has 4 rings (SSSR count). The minimum absolute atomic E-state index is 0.0702. The van der Waals surface area contributed by atoms with Gasteiger partial charge >= 0.3 is 0 Å². The van der Waals surface area contributed by atoms with Gasteiger partial charge in [0.25, 0.3) is 10.0 Å². The molecule has 31 heavy (non-hydrogen) atoms. The molecule has 3 aromatic carbocycles. The van der Waals surface area contributed by atoms with Crippen molar-refractivity contribution in [1.82, 2.24) is 0 Å². The van der Waals surface area contributed by atoms with Crippen LogP contribution in [0.25, 0.3) is 0 Å². The number of sulfonamides is 1. The SMILES string of the molecule is Cc1ccc(S(=O)(=O)N=C2C=C(Nc3cc(Cl)ccc3Cl)C(=O)c3ccccc32)cc1. The van der Waals surface area contributed by atoms with E-state index in [1.54, 1.807) is 54.6 Å². The minimum Gasteiger partial charge on any atom is -0.351 e. The minimum atomic E-state index is -3.99. The van der Waals surface area contributed by atoms with Crippen LogP contribution in [-0.4, -0.2) is 19.9 Å². The first kappa shape index (κ1) is 21.3. The number of hydrogen-bond donors (Lipinski definition) is 1. The average Bonchev–Trinajstić information content (AvgIpc) is 2.74. The molecule has 0 radical (unpaired) electrons. The summed E-state index contributed by atoms with van der Waals surface area (Å²) in [5.41, 5.74) is 2.42. The number of rotatable bonds is 4. The number of aryl methyl sites for hydroxylation is 1. The standard InChI is InChI=1S/C23H16Cl2N2O3S/c1-14-6-9-16(10-7-14)31(29,30)27-20-13-22(23(28)18-5-3-2-4-17(18)20)26-21-12-15(24)8-11-19(21)25/h2-13,26H,1H3. The number of nitrogens with zero attached hydrogens (tertiary/aromatic N) is 1. The van der Waals surface area contributed by atoms with E-state index in [9.17, 15) is 13.2 Å². The van der Waals surface area contributed by atoms with Crippen LogP contribution in [0.15, 0.2) is 87.8 Å². The number of nitrogens with one attached hydrogen (secondary N) is 1. The molecule has 0 fully saturated rings. The van der Waals surface area contributed by atoms with E-state index in [2.05, 4.69) is 9.71 Å². The molecular weight excluding hydrogens is 455 g/mol. The van der Waals surface area contributed by atoms with E-state index in [1.165, 1.54) is 18.2 Å². The Balaban J connectivity index is 1.83. The Kier molecular flexibility index (Phi) is 5.71. The van der Waals surface area contributed by atoms with Gasteiger partial charge in [-0.2, -0.15) is 12.8 Å². The van der Waals surface area contributed by atoms with Gasteiger partial charge < -0.3 is 5.32 Å². The number of carbonyl (C=O) groups is 1. The summed E-state index contributed by atoms with van der Waals surface area (Å²) in [4.78, 5) is 13.1. The lowest BCUT2D eigenvalue weighted by atomic mass is 9.92. The van der Waals surface area contributed by atoms with Crippen LogP contribution in [-0.2, 0) is 10.0 Å². The monoisotopic (exact) mass is 470 g/mol. The van der Waals surface area contributed by atoms with E-state index in [0.717, 1.165) is 5.56 Å². The topological polar surface area (TPSA) is 75.6 Å². The summed E-state index contributed by atoms with van der Waals surface area (Å²) in [5.74, 6) is -0.307. The highest BCUT2D eigenvalue weighted by molar-refractivity contribution is 7.90. The second-order valence-corrected chi connectivity index (χ2v) is 9.39. The van der Waals surface area contributed by atoms with Crippen molar-refractivity contribution in [1.29, 1.82) is 0 Å². The normalized spacial score (nSPS) is 14.9. The number of anilines is 1. The number of hydrogen-bond acceptors (Lipinski definition) is 4. The number of halogens is 2. The summed E-state index contributed by atoms with van der Waals surface area (Å²) in [5, 5.41) is 3.76. The molecule has 5 nitrogen and oxygen atoms in total. The predicted molar refractivity (Wildman–Crippen MR) is 124 cm³/mol. The van der Waals surface area contributed by atoms with Crippen molar-refractivity contribution >= 4 is 50.4 Å². The molecule has 0 amide bonds. The zero-order chi connectivity index (χ0) is 22.2. The van der Waals surface area contributed by atoms with Crippen LogP contribution in [0.3, 0.4) is 0 Å². The van der Waals surface area contributed by atoms with Crippen LogP contribution in [0.4, 0.5) is 5.69 Å². The summed E-state index contributed by atoms with van der Waals surface area (Å²) in [6.45, 7) is 1.87. The van der Waals surface area contributed by atoms with Gasteiger partial charge in [-0.1, -0.05) is 65.2 Å². The lowest BCUT2D eigenvalue weighted by Crippen LogP contribution is -2.22. The Bertz CT molecular complexity index is 1360. The van der Waals surface area contributed by atoms with Crippen molar-refractivity contribution in [3.8, 4) is 0 Å². The summed E-state index contributed by atoms with van der Waals surface area (Å²) >= 11 is 12.3. The molecule has 0 saturated heterocycles. The molecule has 0 aromatic heterocycles. The Hall–Kier alpha value is -2.93.